The molecule has 0 N–H and O–H groups in total. The topological polar surface area (TPSA) is 35.0 Å². The van der Waals surface area contributed by atoms with Gasteiger partial charge in [-0.1, -0.05) is 36.4 Å². The first-order valence-corrected chi connectivity index (χ1v) is 7.26. The molecule has 3 nitrogen and oxygen atoms in total. The molecular formula is C14H15ClN2OS. The Hall–Kier alpha value is -1.26. The van der Waals surface area contributed by atoms with Gasteiger partial charge in [0.2, 0.25) is 0 Å². The fourth-order valence-corrected chi connectivity index (χ4v) is 2.77. The Labute approximate surface area is 122 Å². The van der Waals surface area contributed by atoms with Crippen molar-refractivity contribution in [3.8, 4) is 5.75 Å². The molecule has 1 aromatic heterocycles. The Balaban J connectivity index is 2.22. The summed E-state index contributed by atoms with van der Waals surface area (Å²) in [6.07, 6.45) is 1.84. The SMILES string of the molecule is CCCc1nc(Cl)cc(Sc2cccc(OC)c2)n1. The van der Waals surface area contributed by atoms with E-state index in [1.165, 1.54) is 0 Å². The van der Waals surface area contributed by atoms with Gasteiger partial charge in [0.25, 0.3) is 0 Å². The van der Waals surface area contributed by atoms with Crippen molar-refractivity contribution in [1.82, 2.24) is 9.97 Å². The van der Waals surface area contributed by atoms with Crippen LogP contribution in [-0.2, 0) is 6.42 Å². The summed E-state index contributed by atoms with van der Waals surface area (Å²) in [5.41, 5.74) is 0. The number of ether oxygens (including phenoxy) is 1. The van der Waals surface area contributed by atoms with Crippen molar-refractivity contribution >= 4 is 23.4 Å². The minimum absolute atomic E-state index is 0.490. The standard InChI is InChI=1S/C14H15ClN2OS/c1-3-5-13-16-12(15)9-14(17-13)19-11-7-4-6-10(8-11)18-2/h4,6-9H,3,5H2,1-2H3. The van der Waals surface area contributed by atoms with Crippen LogP contribution < -0.4 is 4.74 Å². The molecule has 1 aromatic carbocycles. The van der Waals surface area contributed by atoms with Gasteiger partial charge in [0, 0.05) is 17.4 Å². The normalized spacial score (nSPS) is 10.5. The first-order valence-electron chi connectivity index (χ1n) is 6.06. The third kappa shape index (κ3) is 4.11. The van der Waals surface area contributed by atoms with Crippen LogP contribution in [-0.4, -0.2) is 17.1 Å². The lowest BCUT2D eigenvalue weighted by atomic mass is 10.3. The highest BCUT2D eigenvalue weighted by Crippen LogP contribution is 2.29. The summed E-state index contributed by atoms with van der Waals surface area (Å²) in [6.45, 7) is 2.10. The van der Waals surface area contributed by atoms with Crippen LogP contribution in [0.3, 0.4) is 0 Å². The zero-order valence-electron chi connectivity index (χ0n) is 10.9. The van der Waals surface area contributed by atoms with Crippen LogP contribution >= 0.6 is 23.4 Å². The molecule has 2 rings (SSSR count). The Bertz CT molecular complexity index is 563. The average Bonchev–Trinajstić information content (AvgIpc) is 2.38. The molecule has 0 radical (unpaired) electrons. The second-order valence-corrected chi connectivity index (χ2v) is 5.46. The van der Waals surface area contributed by atoms with Crippen molar-refractivity contribution in [2.45, 2.75) is 29.7 Å². The highest BCUT2D eigenvalue weighted by atomic mass is 35.5. The molecule has 0 spiro atoms. The van der Waals surface area contributed by atoms with E-state index in [1.807, 2.05) is 24.3 Å². The second-order valence-electron chi connectivity index (χ2n) is 3.98. The number of hydrogen-bond acceptors (Lipinski definition) is 4. The van der Waals surface area contributed by atoms with E-state index < -0.39 is 0 Å². The van der Waals surface area contributed by atoms with Crippen molar-refractivity contribution in [2.24, 2.45) is 0 Å². The Morgan fingerprint density at radius 1 is 1.26 bits per heavy atom. The molecule has 100 valence electrons. The van der Waals surface area contributed by atoms with Crippen molar-refractivity contribution in [3.63, 3.8) is 0 Å². The summed E-state index contributed by atoms with van der Waals surface area (Å²) in [5, 5.41) is 1.35. The lowest BCUT2D eigenvalue weighted by molar-refractivity contribution is 0.413. The summed E-state index contributed by atoms with van der Waals surface area (Å²) in [5.74, 6) is 1.62. The molecule has 0 aliphatic rings. The molecule has 0 saturated carbocycles. The quantitative estimate of drug-likeness (QED) is 0.773. The molecule has 5 heteroatoms. The Kier molecular flexibility index (Phi) is 5.05. The van der Waals surface area contributed by atoms with Crippen molar-refractivity contribution in [1.29, 1.82) is 0 Å². The van der Waals surface area contributed by atoms with E-state index in [0.717, 1.165) is 34.3 Å². The first-order chi connectivity index (χ1) is 9.21. The Morgan fingerprint density at radius 2 is 2.11 bits per heavy atom. The fourth-order valence-electron chi connectivity index (χ4n) is 1.62. The molecule has 19 heavy (non-hydrogen) atoms. The number of methoxy groups -OCH3 is 1. The molecule has 0 amide bonds. The van der Waals surface area contributed by atoms with Gasteiger partial charge in [0.05, 0.1) is 7.11 Å². The summed E-state index contributed by atoms with van der Waals surface area (Å²) in [6, 6.07) is 9.64. The molecule has 0 saturated heterocycles. The number of aromatic nitrogens is 2. The van der Waals surface area contributed by atoms with E-state index >= 15 is 0 Å². The van der Waals surface area contributed by atoms with Gasteiger partial charge in [-0.05, 0) is 24.6 Å². The van der Waals surface area contributed by atoms with E-state index in [9.17, 15) is 0 Å². The number of halogens is 1. The van der Waals surface area contributed by atoms with Crippen LogP contribution in [0.1, 0.15) is 19.2 Å². The third-order valence-corrected chi connectivity index (χ3v) is 3.56. The smallest absolute Gasteiger partial charge is 0.133 e. The summed E-state index contributed by atoms with van der Waals surface area (Å²) in [4.78, 5) is 9.78. The van der Waals surface area contributed by atoms with Crippen molar-refractivity contribution in [2.75, 3.05) is 7.11 Å². The van der Waals surface area contributed by atoms with Gasteiger partial charge in [-0.25, -0.2) is 9.97 Å². The van der Waals surface area contributed by atoms with Crippen LogP contribution in [0, 0.1) is 0 Å². The van der Waals surface area contributed by atoms with E-state index in [-0.39, 0.29) is 0 Å². The highest BCUT2D eigenvalue weighted by molar-refractivity contribution is 7.99. The van der Waals surface area contributed by atoms with Crippen LogP contribution in [0.25, 0.3) is 0 Å². The van der Waals surface area contributed by atoms with Gasteiger partial charge >= 0.3 is 0 Å². The zero-order valence-corrected chi connectivity index (χ0v) is 12.5. The fraction of sp³-hybridized carbons (Fsp3) is 0.286. The third-order valence-electron chi connectivity index (χ3n) is 2.45. The molecule has 2 aromatic rings. The summed E-state index contributed by atoms with van der Waals surface area (Å²) in [7, 11) is 1.66. The minimum atomic E-state index is 0.490. The average molecular weight is 295 g/mol. The van der Waals surface area contributed by atoms with E-state index in [0.29, 0.717) is 5.15 Å². The molecule has 0 unspecified atom stereocenters. The predicted octanol–water partition coefficient (Wildman–Crippen LogP) is 4.24. The van der Waals surface area contributed by atoms with Crippen LogP contribution in [0.5, 0.6) is 5.75 Å². The van der Waals surface area contributed by atoms with Gasteiger partial charge in [-0.15, -0.1) is 0 Å². The van der Waals surface area contributed by atoms with E-state index in [1.54, 1.807) is 24.9 Å². The first kappa shape index (κ1) is 14.2. The zero-order chi connectivity index (χ0) is 13.7. The maximum absolute atomic E-state index is 6.02. The molecule has 0 bridgehead atoms. The molecule has 0 fully saturated rings. The van der Waals surface area contributed by atoms with Crippen LogP contribution in [0.4, 0.5) is 0 Å². The lowest BCUT2D eigenvalue weighted by Gasteiger charge is -2.05. The van der Waals surface area contributed by atoms with E-state index in [4.69, 9.17) is 16.3 Å². The predicted molar refractivity (Wildman–Crippen MR) is 78.2 cm³/mol. The number of rotatable bonds is 5. The number of hydrogen-bond donors (Lipinski definition) is 0. The lowest BCUT2D eigenvalue weighted by Crippen LogP contribution is -1.96. The second kappa shape index (κ2) is 6.78. The van der Waals surface area contributed by atoms with Gasteiger partial charge in [-0.2, -0.15) is 0 Å². The molecule has 0 atom stereocenters. The van der Waals surface area contributed by atoms with Crippen LogP contribution in [0.15, 0.2) is 40.3 Å². The van der Waals surface area contributed by atoms with Gasteiger partial charge < -0.3 is 4.74 Å². The van der Waals surface area contributed by atoms with Crippen molar-refractivity contribution in [3.05, 3.63) is 41.3 Å². The van der Waals surface area contributed by atoms with Crippen molar-refractivity contribution < 1.29 is 4.74 Å². The summed E-state index contributed by atoms with van der Waals surface area (Å²) >= 11 is 7.58. The summed E-state index contributed by atoms with van der Waals surface area (Å²) < 4.78 is 5.21. The van der Waals surface area contributed by atoms with Gasteiger partial charge in [-0.3, -0.25) is 0 Å². The number of benzene rings is 1. The molecular weight excluding hydrogens is 280 g/mol. The maximum Gasteiger partial charge on any atom is 0.133 e. The molecule has 1 heterocycles. The van der Waals surface area contributed by atoms with E-state index in [2.05, 4.69) is 16.9 Å². The van der Waals surface area contributed by atoms with Gasteiger partial charge in [0.1, 0.15) is 21.8 Å². The number of nitrogens with zero attached hydrogens (tertiary/aromatic N) is 2. The molecule has 0 aliphatic heterocycles. The highest BCUT2D eigenvalue weighted by Gasteiger charge is 2.05. The van der Waals surface area contributed by atoms with Gasteiger partial charge in [0.15, 0.2) is 0 Å². The van der Waals surface area contributed by atoms with Crippen LogP contribution in [0.2, 0.25) is 5.15 Å². The number of aryl methyl sites for hydroxylation is 1. The molecule has 0 aliphatic carbocycles. The maximum atomic E-state index is 6.02. The minimum Gasteiger partial charge on any atom is -0.497 e. The monoisotopic (exact) mass is 294 g/mol. The Morgan fingerprint density at radius 3 is 2.84 bits per heavy atom. The largest absolute Gasteiger partial charge is 0.497 e.